The zero-order valence-corrected chi connectivity index (χ0v) is 11.3. The Labute approximate surface area is 113 Å². The van der Waals surface area contributed by atoms with E-state index in [4.69, 9.17) is 4.74 Å². The first-order valence-corrected chi connectivity index (χ1v) is 6.70. The molecule has 18 heavy (non-hydrogen) atoms. The lowest BCUT2D eigenvalue weighted by atomic mass is 10.1. The second kappa shape index (κ2) is 4.72. The van der Waals surface area contributed by atoms with E-state index < -0.39 is 0 Å². The van der Waals surface area contributed by atoms with Crippen LogP contribution < -0.4 is 4.74 Å². The van der Waals surface area contributed by atoms with Gasteiger partial charge >= 0.3 is 0 Å². The Hall–Kier alpha value is -1.36. The number of hydrogen-bond donors (Lipinski definition) is 0. The fourth-order valence-electron chi connectivity index (χ4n) is 2.04. The number of aryl methyl sites for hydroxylation is 1. The van der Waals surface area contributed by atoms with Crippen molar-refractivity contribution in [2.75, 3.05) is 6.61 Å². The Kier molecular flexibility index (Phi) is 3.07. The summed E-state index contributed by atoms with van der Waals surface area (Å²) in [6.07, 6.45) is 2.10. The second-order valence-corrected chi connectivity index (χ2v) is 5.05. The van der Waals surface area contributed by atoms with Crippen molar-refractivity contribution in [1.82, 2.24) is 9.78 Å². The summed E-state index contributed by atoms with van der Waals surface area (Å²) in [6.45, 7) is 1.57. The minimum absolute atomic E-state index is 0.244. The van der Waals surface area contributed by atoms with Crippen molar-refractivity contribution in [3.05, 3.63) is 34.6 Å². The van der Waals surface area contributed by atoms with E-state index in [2.05, 4.69) is 21.0 Å². The van der Waals surface area contributed by atoms with Gasteiger partial charge in [-0.2, -0.15) is 5.10 Å². The molecular formula is C13H12BrFN2O. The van der Waals surface area contributed by atoms with Crippen LogP contribution in [0, 0.1) is 5.82 Å². The predicted molar refractivity (Wildman–Crippen MR) is 70.1 cm³/mol. The van der Waals surface area contributed by atoms with E-state index in [1.165, 1.54) is 12.1 Å². The van der Waals surface area contributed by atoms with Crippen molar-refractivity contribution in [2.45, 2.75) is 19.4 Å². The zero-order chi connectivity index (χ0) is 12.5. The number of aromatic nitrogens is 2. The third-order valence-corrected chi connectivity index (χ3v) is 3.69. The van der Waals surface area contributed by atoms with E-state index in [9.17, 15) is 4.39 Å². The number of fused-ring (bicyclic) bond motifs is 1. The molecule has 0 amide bonds. The van der Waals surface area contributed by atoms with Gasteiger partial charge in [-0.3, -0.25) is 0 Å². The number of benzene rings is 1. The maximum absolute atomic E-state index is 12.9. The van der Waals surface area contributed by atoms with Crippen LogP contribution in [0.25, 0.3) is 11.3 Å². The highest BCUT2D eigenvalue weighted by Crippen LogP contribution is 2.36. The van der Waals surface area contributed by atoms with Crippen LogP contribution in [0.3, 0.4) is 0 Å². The van der Waals surface area contributed by atoms with E-state index in [1.807, 2.05) is 4.68 Å². The molecule has 1 aromatic carbocycles. The molecule has 2 aromatic rings. The van der Waals surface area contributed by atoms with Crippen molar-refractivity contribution >= 4 is 15.9 Å². The Morgan fingerprint density at radius 3 is 2.78 bits per heavy atom. The van der Waals surface area contributed by atoms with E-state index in [1.54, 1.807) is 12.1 Å². The molecule has 0 atom stereocenters. The average molecular weight is 311 g/mol. The molecule has 0 unspecified atom stereocenters. The van der Waals surface area contributed by atoms with E-state index in [-0.39, 0.29) is 5.82 Å². The molecule has 94 valence electrons. The van der Waals surface area contributed by atoms with Crippen LogP contribution in [0.5, 0.6) is 5.88 Å². The quantitative estimate of drug-likeness (QED) is 0.804. The van der Waals surface area contributed by atoms with Crippen molar-refractivity contribution < 1.29 is 9.13 Å². The molecule has 0 N–H and O–H groups in total. The minimum Gasteiger partial charge on any atom is -0.477 e. The van der Waals surface area contributed by atoms with Crippen molar-refractivity contribution in [1.29, 1.82) is 0 Å². The van der Waals surface area contributed by atoms with Gasteiger partial charge in [0.2, 0.25) is 5.88 Å². The molecule has 5 heteroatoms. The summed E-state index contributed by atoms with van der Waals surface area (Å²) in [6, 6.07) is 6.32. The van der Waals surface area contributed by atoms with Crippen molar-refractivity contribution in [2.24, 2.45) is 0 Å². The fraction of sp³-hybridized carbons (Fsp3) is 0.308. The van der Waals surface area contributed by atoms with Gasteiger partial charge in [-0.25, -0.2) is 9.07 Å². The molecule has 0 saturated carbocycles. The predicted octanol–water partition coefficient (Wildman–Crippen LogP) is 3.62. The molecule has 0 radical (unpaired) electrons. The van der Waals surface area contributed by atoms with Crippen molar-refractivity contribution in [3.8, 4) is 17.1 Å². The van der Waals surface area contributed by atoms with Crippen LogP contribution >= 0.6 is 15.9 Å². The molecular weight excluding hydrogens is 299 g/mol. The molecule has 1 aliphatic rings. The Morgan fingerprint density at radius 2 is 2.00 bits per heavy atom. The summed E-state index contributed by atoms with van der Waals surface area (Å²) in [5.74, 6) is 0.527. The molecule has 0 aliphatic carbocycles. The van der Waals surface area contributed by atoms with Crippen LogP contribution in [0.4, 0.5) is 4.39 Å². The molecule has 3 nitrogen and oxygen atoms in total. The largest absolute Gasteiger partial charge is 0.477 e. The summed E-state index contributed by atoms with van der Waals surface area (Å²) in [4.78, 5) is 0. The Bertz CT molecular complexity index is 565. The monoisotopic (exact) mass is 310 g/mol. The molecule has 0 bridgehead atoms. The third-order valence-electron chi connectivity index (χ3n) is 2.97. The highest BCUT2D eigenvalue weighted by atomic mass is 79.9. The molecule has 0 fully saturated rings. The van der Waals surface area contributed by atoms with Gasteiger partial charge in [0.25, 0.3) is 0 Å². The van der Waals surface area contributed by atoms with Gasteiger partial charge in [0.1, 0.15) is 16.0 Å². The Morgan fingerprint density at radius 1 is 1.22 bits per heavy atom. The van der Waals surface area contributed by atoms with E-state index in [0.29, 0.717) is 6.61 Å². The van der Waals surface area contributed by atoms with Crippen LogP contribution in [0.1, 0.15) is 12.8 Å². The van der Waals surface area contributed by atoms with Crippen molar-refractivity contribution in [3.63, 3.8) is 0 Å². The first-order valence-electron chi connectivity index (χ1n) is 5.91. The number of hydrogen-bond acceptors (Lipinski definition) is 2. The topological polar surface area (TPSA) is 27.1 Å². The van der Waals surface area contributed by atoms with E-state index in [0.717, 1.165) is 41.0 Å². The maximum Gasteiger partial charge on any atom is 0.227 e. The normalized spacial score (nSPS) is 14.8. The first-order chi connectivity index (χ1) is 8.75. The van der Waals surface area contributed by atoms with Gasteiger partial charge in [-0.05, 0) is 53.0 Å². The van der Waals surface area contributed by atoms with Gasteiger partial charge in [0.15, 0.2) is 0 Å². The first kappa shape index (κ1) is 11.7. The number of rotatable bonds is 1. The fourth-order valence-corrected chi connectivity index (χ4v) is 2.67. The average Bonchev–Trinajstić information content (AvgIpc) is 2.57. The molecule has 0 saturated heterocycles. The highest BCUT2D eigenvalue weighted by Gasteiger charge is 2.20. The molecule has 1 aromatic heterocycles. The highest BCUT2D eigenvalue weighted by molar-refractivity contribution is 9.10. The lowest BCUT2D eigenvalue weighted by molar-refractivity contribution is 0.301. The van der Waals surface area contributed by atoms with Gasteiger partial charge in [-0.15, -0.1) is 0 Å². The molecule has 1 aliphatic heterocycles. The summed E-state index contributed by atoms with van der Waals surface area (Å²) in [7, 11) is 0. The van der Waals surface area contributed by atoms with Gasteiger partial charge < -0.3 is 4.74 Å². The summed E-state index contributed by atoms with van der Waals surface area (Å²) >= 11 is 3.52. The summed E-state index contributed by atoms with van der Waals surface area (Å²) in [5.41, 5.74) is 1.68. The number of halogens is 2. The van der Waals surface area contributed by atoms with Gasteiger partial charge in [0.05, 0.1) is 6.61 Å². The van der Waals surface area contributed by atoms with Crippen LogP contribution in [-0.2, 0) is 6.54 Å². The standard InChI is InChI=1S/C13H12BrFN2O/c14-11-12(9-3-5-10(15)6-4-9)16-17-7-1-2-8-18-13(11)17/h3-6H,1-2,7-8H2. The van der Waals surface area contributed by atoms with Crippen LogP contribution in [0.2, 0.25) is 0 Å². The summed E-state index contributed by atoms with van der Waals surface area (Å²) < 4.78 is 21.3. The van der Waals surface area contributed by atoms with E-state index >= 15 is 0 Å². The third kappa shape index (κ3) is 2.03. The van der Waals surface area contributed by atoms with Crippen LogP contribution in [-0.4, -0.2) is 16.4 Å². The smallest absolute Gasteiger partial charge is 0.227 e. The molecule has 2 heterocycles. The Balaban J connectivity index is 2.05. The lowest BCUT2D eigenvalue weighted by Crippen LogP contribution is -1.99. The summed E-state index contributed by atoms with van der Waals surface area (Å²) in [5, 5.41) is 4.53. The minimum atomic E-state index is -0.244. The molecule has 3 rings (SSSR count). The number of nitrogens with zero attached hydrogens (tertiary/aromatic N) is 2. The maximum atomic E-state index is 12.9. The zero-order valence-electron chi connectivity index (χ0n) is 9.70. The second-order valence-electron chi connectivity index (χ2n) is 4.25. The van der Waals surface area contributed by atoms with Gasteiger partial charge in [0, 0.05) is 12.1 Å². The lowest BCUT2D eigenvalue weighted by Gasteiger charge is -2.02. The number of ether oxygens (including phenoxy) is 1. The SMILES string of the molecule is Fc1ccc(-c2nn3c(c2Br)OCCCC3)cc1. The van der Waals surface area contributed by atoms with Gasteiger partial charge in [-0.1, -0.05) is 0 Å². The molecule has 0 spiro atoms. The van der Waals surface area contributed by atoms with Crippen LogP contribution in [0.15, 0.2) is 28.7 Å².